The number of hydrogen-bond acceptors (Lipinski definition) is 3. The van der Waals surface area contributed by atoms with Gasteiger partial charge in [0.2, 0.25) is 5.91 Å². The molecule has 1 aliphatic heterocycles. The molecule has 0 aromatic heterocycles. The molecule has 132 valence electrons. The van der Waals surface area contributed by atoms with Crippen molar-refractivity contribution >= 4 is 17.3 Å². The summed E-state index contributed by atoms with van der Waals surface area (Å²) in [6.45, 7) is 5.48. The zero-order valence-electron chi connectivity index (χ0n) is 14.9. The average Bonchev–Trinajstić information content (AvgIpc) is 2.69. The molecule has 2 N–H and O–H groups in total. The first-order chi connectivity index (χ1) is 12.3. The summed E-state index contributed by atoms with van der Waals surface area (Å²) in [5.41, 5.74) is 3.49. The summed E-state index contributed by atoms with van der Waals surface area (Å²) < 4.78 is 0. The van der Waals surface area contributed by atoms with Crippen molar-refractivity contribution in [2.24, 2.45) is 5.92 Å². The predicted octanol–water partition coefficient (Wildman–Crippen LogP) is 3.46. The van der Waals surface area contributed by atoms with E-state index < -0.39 is 0 Å². The molecule has 1 aliphatic rings. The molecule has 1 heterocycles. The third-order valence-corrected chi connectivity index (χ3v) is 4.77. The first-order valence-corrected chi connectivity index (χ1v) is 9.18. The molecule has 0 spiro atoms. The summed E-state index contributed by atoms with van der Waals surface area (Å²) in [7, 11) is 0. The van der Waals surface area contributed by atoms with E-state index in [4.69, 9.17) is 0 Å². The molecule has 2 aromatic carbocycles. The summed E-state index contributed by atoms with van der Waals surface area (Å²) in [6.07, 6.45) is 2.07. The molecule has 2 aromatic rings. The SMILES string of the molecule is CCN(c1ccccc1)c1ccc(CNC(=O)C2CCCNC2)cc1. The molecule has 25 heavy (non-hydrogen) atoms. The number of hydrogen-bond donors (Lipinski definition) is 2. The third kappa shape index (κ3) is 4.60. The predicted molar refractivity (Wildman–Crippen MR) is 103 cm³/mol. The van der Waals surface area contributed by atoms with Crippen molar-refractivity contribution in [2.75, 3.05) is 24.5 Å². The van der Waals surface area contributed by atoms with Crippen LogP contribution in [0.4, 0.5) is 11.4 Å². The highest BCUT2D eigenvalue weighted by atomic mass is 16.1. The van der Waals surface area contributed by atoms with Gasteiger partial charge in [-0.25, -0.2) is 0 Å². The Bertz CT molecular complexity index is 663. The Labute approximate surface area is 150 Å². The van der Waals surface area contributed by atoms with Gasteiger partial charge in [0.1, 0.15) is 0 Å². The fourth-order valence-corrected chi connectivity index (χ4v) is 3.33. The lowest BCUT2D eigenvalue weighted by atomic mass is 9.99. The van der Waals surface area contributed by atoms with Gasteiger partial charge in [0.05, 0.1) is 5.92 Å². The zero-order valence-corrected chi connectivity index (χ0v) is 14.9. The van der Waals surface area contributed by atoms with E-state index in [-0.39, 0.29) is 11.8 Å². The van der Waals surface area contributed by atoms with Crippen molar-refractivity contribution in [1.82, 2.24) is 10.6 Å². The Morgan fingerprint density at radius 2 is 1.84 bits per heavy atom. The lowest BCUT2D eigenvalue weighted by molar-refractivity contribution is -0.125. The lowest BCUT2D eigenvalue weighted by Crippen LogP contribution is -2.40. The van der Waals surface area contributed by atoms with Crippen LogP contribution in [0.2, 0.25) is 0 Å². The monoisotopic (exact) mass is 337 g/mol. The minimum atomic E-state index is 0.113. The fraction of sp³-hybridized carbons (Fsp3) is 0.381. The van der Waals surface area contributed by atoms with Gasteiger partial charge in [0, 0.05) is 31.0 Å². The Kier molecular flexibility index (Phi) is 6.07. The number of para-hydroxylation sites is 1. The van der Waals surface area contributed by atoms with Crippen LogP contribution >= 0.6 is 0 Å². The van der Waals surface area contributed by atoms with Gasteiger partial charge < -0.3 is 15.5 Å². The molecular weight excluding hydrogens is 310 g/mol. The van der Waals surface area contributed by atoms with Gasteiger partial charge in [0.15, 0.2) is 0 Å². The third-order valence-electron chi connectivity index (χ3n) is 4.77. The number of piperidine rings is 1. The van der Waals surface area contributed by atoms with Gasteiger partial charge in [-0.15, -0.1) is 0 Å². The highest BCUT2D eigenvalue weighted by molar-refractivity contribution is 5.79. The van der Waals surface area contributed by atoms with E-state index >= 15 is 0 Å². The van der Waals surface area contributed by atoms with Gasteiger partial charge in [-0.2, -0.15) is 0 Å². The van der Waals surface area contributed by atoms with E-state index in [1.165, 1.54) is 11.4 Å². The van der Waals surface area contributed by atoms with E-state index in [1.807, 2.05) is 6.07 Å². The van der Waals surface area contributed by atoms with Crippen molar-refractivity contribution in [3.8, 4) is 0 Å². The maximum atomic E-state index is 12.2. The van der Waals surface area contributed by atoms with E-state index in [1.54, 1.807) is 0 Å². The van der Waals surface area contributed by atoms with Crippen molar-refractivity contribution in [1.29, 1.82) is 0 Å². The van der Waals surface area contributed by atoms with Crippen LogP contribution in [0.25, 0.3) is 0 Å². The van der Waals surface area contributed by atoms with Crippen LogP contribution in [0.5, 0.6) is 0 Å². The quantitative estimate of drug-likeness (QED) is 0.848. The number of carbonyl (C=O) groups excluding carboxylic acids is 1. The molecule has 1 saturated heterocycles. The topological polar surface area (TPSA) is 44.4 Å². The molecule has 3 rings (SSSR count). The minimum absolute atomic E-state index is 0.113. The highest BCUT2D eigenvalue weighted by Gasteiger charge is 2.20. The van der Waals surface area contributed by atoms with Crippen LogP contribution in [0.15, 0.2) is 54.6 Å². The molecule has 4 nitrogen and oxygen atoms in total. The fourth-order valence-electron chi connectivity index (χ4n) is 3.33. The molecule has 1 amide bonds. The van der Waals surface area contributed by atoms with E-state index in [0.29, 0.717) is 6.54 Å². The van der Waals surface area contributed by atoms with Crippen LogP contribution < -0.4 is 15.5 Å². The van der Waals surface area contributed by atoms with Crippen LogP contribution in [-0.4, -0.2) is 25.5 Å². The minimum Gasteiger partial charge on any atom is -0.352 e. The second-order valence-electron chi connectivity index (χ2n) is 6.51. The number of anilines is 2. The van der Waals surface area contributed by atoms with Crippen LogP contribution in [0, 0.1) is 5.92 Å². The Hall–Kier alpha value is -2.33. The molecule has 1 unspecified atom stereocenters. The molecule has 4 heteroatoms. The Morgan fingerprint density at radius 1 is 1.12 bits per heavy atom. The summed E-state index contributed by atoms with van der Waals surface area (Å²) in [6, 6.07) is 18.8. The molecule has 1 atom stereocenters. The second kappa shape index (κ2) is 8.67. The first-order valence-electron chi connectivity index (χ1n) is 9.18. The molecule has 0 saturated carbocycles. The van der Waals surface area contributed by atoms with Gasteiger partial charge in [-0.05, 0) is 56.1 Å². The molecular formula is C21H27N3O. The van der Waals surface area contributed by atoms with Gasteiger partial charge in [-0.1, -0.05) is 30.3 Å². The standard InChI is InChI=1S/C21H27N3O/c1-2-24(19-8-4-3-5-9-19)20-12-10-17(11-13-20)15-23-21(25)18-7-6-14-22-16-18/h3-5,8-13,18,22H,2,6-7,14-16H2,1H3,(H,23,25). The van der Waals surface area contributed by atoms with Gasteiger partial charge >= 0.3 is 0 Å². The van der Waals surface area contributed by atoms with Crippen LogP contribution in [0.3, 0.4) is 0 Å². The number of rotatable bonds is 6. The number of nitrogens with one attached hydrogen (secondary N) is 2. The largest absolute Gasteiger partial charge is 0.352 e. The summed E-state index contributed by atoms with van der Waals surface area (Å²) >= 11 is 0. The summed E-state index contributed by atoms with van der Waals surface area (Å²) in [4.78, 5) is 14.5. The summed E-state index contributed by atoms with van der Waals surface area (Å²) in [5.74, 6) is 0.275. The number of carbonyl (C=O) groups is 1. The average molecular weight is 337 g/mol. The first kappa shape index (κ1) is 17.5. The van der Waals surface area contributed by atoms with E-state index in [9.17, 15) is 4.79 Å². The second-order valence-corrected chi connectivity index (χ2v) is 6.51. The normalized spacial score (nSPS) is 17.1. The molecule has 0 bridgehead atoms. The van der Waals surface area contributed by atoms with Crippen molar-refractivity contribution in [3.63, 3.8) is 0 Å². The van der Waals surface area contributed by atoms with Crippen LogP contribution in [-0.2, 0) is 11.3 Å². The number of benzene rings is 2. The Balaban J connectivity index is 1.59. The lowest BCUT2D eigenvalue weighted by Gasteiger charge is -2.24. The Morgan fingerprint density at radius 3 is 2.48 bits per heavy atom. The molecule has 1 fully saturated rings. The highest BCUT2D eigenvalue weighted by Crippen LogP contribution is 2.25. The zero-order chi connectivity index (χ0) is 17.5. The van der Waals surface area contributed by atoms with Gasteiger partial charge in [0.25, 0.3) is 0 Å². The van der Waals surface area contributed by atoms with Crippen molar-refractivity contribution in [3.05, 3.63) is 60.2 Å². The van der Waals surface area contributed by atoms with Crippen LogP contribution in [0.1, 0.15) is 25.3 Å². The molecule has 0 aliphatic carbocycles. The summed E-state index contributed by atoms with van der Waals surface area (Å²) in [5, 5.41) is 6.36. The smallest absolute Gasteiger partial charge is 0.224 e. The van der Waals surface area contributed by atoms with Crippen molar-refractivity contribution < 1.29 is 4.79 Å². The number of amides is 1. The van der Waals surface area contributed by atoms with E-state index in [2.05, 4.69) is 71.0 Å². The maximum Gasteiger partial charge on any atom is 0.224 e. The van der Waals surface area contributed by atoms with E-state index in [0.717, 1.165) is 38.0 Å². The van der Waals surface area contributed by atoms with Crippen molar-refractivity contribution in [2.45, 2.75) is 26.3 Å². The maximum absolute atomic E-state index is 12.2. The number of nitrogens with zero attached hydrogens (tertiary/aromatic N) is 1. The molecule has 0 radical (unpaired) electrons. The van der Waals surface area contributed by atoms with Gasteiger partial charge in [-0.3, -0.25) is 4.79 Å².